The lowest BCUT2D eigenvalue weighted by atomic mass is 9.95. The van der Waals surface area contributed by atoms with Gasteiger partial charge >= 0.3 is 0 Å². The Bertz CT molecular complexity index is 1200. The lowest BCUT2D eigenvalue weighted by Crippen LogP contribution is -2.34. The highest BCUT2D eigenvalue weighted by atomic mass is 32.1. The van der Waals surface area contributed by atoms with Crippen LogP contribution >= 0.6 is 22.7 Å². The van der Waals surface area contributed by atoms with Crippen molar-refractivity contribution < 1.29 is 0 Å². The first kappa shape index (κ1) is 19.2. The van der Waals surface area contributed by atoms with E-state index in [0.29, 0.717) is 11.6 Å². The molecule has 0 unspecified atom stereocenters. The molecule has 1 aliphatic rings. The van der Waals surface area contributed by atoms with Crippen molar-refractivity contribution in [3.8, 4) is 6.07 Å². The fraction of sp³-hybridized carbons (Fsp3) is 0.333. The zero-order valence-corrected chi connectivity index (χ0v) is 18.2. The molecule has 1 aliphatic heterocycles. The zero-order valence-electron chi connectivity index (χ0n) is 16.6. The number of anilines is 2. The number of pyridine rings is 1. The molecule has 0 aliphatic carbocycles. The molecule has 9 heteroatoms. The Hall–Kier alpha value is -2.80. The Morgan fingerprint density at radius 3 is 3.07 bits per heavy atom. The number of rotatable bonds is 5. The molecule has 152 valence electrons. The van der Waals surface area contributed by atoms with E-state index in [4.69, 9.17) is 10.2 Å². The minimum Gasteiger partial charge on any atom is -0.330 e. The van der Waals surface area contributed by atoms with Gasteiger partial charge < -0.3 is 5.32 Å². The molecule has 0 spiro atoms. The van der Waals surface area contributed by atoms with E-state index in [9.17, 15) is 0 Å². The molecule has 0 saturated carbocycles. The number of hydrogen-bond donors (Lipinski definition) is 1. The van der Waals surface area contributed by atoms with E-state index in [1.54, 1.807) is 34.9 Å². The van der Waals surface area contributed by atoms with Crippen LogP contribution in [-0.2, 0) is 6.54 Å². The number of aryl methyl sites for hydroxylation is 1. The van der Waals surface area contributed by atoms with Crippen LogP contribution < -0.4 is 5.32 Å². The number of nitriles is 1. The zero-order chi connectivity index (χ0) is 20.5. The van der Waals surface area contributed by atoms with Gasteiger partial charge in [0, 0.05) is 36.0 Å². The Kier molecular flexibility index (Phi) is 5.21. The Labute approximate surface area is 182 Å². The molecule has 0 amide bonds. The van der Waals surface area contributed by atoms with Crippen LogP contribution in [0, 0.1) is 18.3 Å². The van der Waals surface area contributed by atoms with E-state index >= 15 is 0 Å². The van der Waals surface area contributed by atoms with Gasteiger partial charge in [-0.25, -0.2) is 15.0 Å². The molecular weight excluding hydrogens is 414 g/mol. The molecule has 1 atom stereocenters. The van der Waals surface area contributed by atoms with Crippen LogP contribution in [0.3, 0.4) is 0 Å². The van der Waals surface area contributed by atoms with Gasteiger partial charge in [-0.1, -0.05) is 0 Å². The van der Waals surface area contributed by atoms with Crippen molar-refractivity contribution in [2.75, 3.05) is 18.4 Å². The van der Waals surface area contributed by atoms with Crippen LogP contribution in [0.15, 0.2) is 35.3 Å². The molecule has 0 bridgehead atoms. The summed E-state index contributed by atoms with van der Waals surface area (Å²) in [5, 5.41) is 17.3. The summed E-state index contributed by atoms with van der Waals surface area (Å²) >= 11 is 3.30. The van der Waals surface area contributed by atoms with Crippen LogP contribution in [0.2, 0.25) is 0 Å². The number of aromatic nitrogens is 4. The molecule has 30 heavy (non-hydrogen) atoms. The second-order valence-corrected chi connectivity index (χ2v) is 9.25. The van der Waals surface area contributed by atoms with E-state index in [-0.39, 0.29) is 0 Å². The summed E-state index contributed by atoms with van der Waals surface area (Å²) in [6, 6.07) is 5.60. The Balaban J connectivity index is 1.26. The lowest BCUT2D eigenvalue weighted by Gasteiger charge is -2.31. The third-order valence-electron chi connectivity index (χ3n) is 5.51. The summed E-state index contributed by atoms with van der Waals surface area (Å²) in [4.78, 5) is 17.2. The fourth-order valence-electron chi connectivity index (χ4n) is 3.97. The largest absolute Gasteiger partial charge is 0.330 e. The molecule has 0 aromatic carbocycles. The van der Waals surface area contributed by atoms with Gasteiger partial charge in [0.2, 0.25) is 0 Å². The standard InChI is InChI=1S/C21H21N7S2/c1-14-19(28-7-8-29-21(28)24-14)12-27-6-2-3-15(11-27)18-13-30-20(26-18)25-17-5-4-16(9-22)23-10-17/h4-5,7-8,10,13,15H,2-3,6,11-12H2,1H3,(H,25,26)/t15-/m1/s1. The maximum absolute atomic E-state index is 8.87. The number of piperidine rings is 1. The fourth-order valence-corrected chi connectivity index (χ4v) is 5.56. The summed E-state index contributed by atoms with van der Waals surface area (Å²) in [6.45, 7) is 5.15. The van der Waals surface area contributed by atoms with E-state index in [1.807, 2.05) is 12.1 Å². The minimum absolute atomic E-state index is 0.413. The minimum atomic E-state index is 0.413. The average Bonchev–Trinajstić information content (AvgIpc) is 3.48. The smallest absolute Gasteiger partial charge is 0.194 e. The summed E-state index contributed by atoms with van der Waals surface area (Å²) in [5.41, 5.74) is 4.83. The van der Waals surface area contributed by atoms with E-state index in [2.05, 4.69) is 48.5 Å². The van der Waals surface area contributed by atoms with Gasteiger partial charge in [-0.2, -0.15) is 5.26 Å². The summed E-state index contributed by atoms with van der Waals surface area (Å²) in [7, 11) is 0. The van der Waals surface area contributed by atoms with Crippen LogP contribution in [0.25, 0.3) is 4.96 Å². The predicted molar refractivity (Wildman–Crippen MR) is 119 cm³/mol. The van der Waals surface area contributed by atoms with Gasteiger partial charge in [-0.15, -0.1) is 22.7 Å². The number of likely N-dealkylation sites (tertiary alicyclic amines) is 1. The van der Waals surface area contributed by atoms with Gasteiger partial charge in [-0.3, -0.25) is 9.30 Å². The van der Waals surface area contributed by atoms with Gasteiger partial charge in [0.1, 0.15) is 11.8 Å². The molecular formula is C21H21N7S2. The maximum Gasteiger partial charge on any atom is 0.194 e. The molecule has 0 radical (unpaired) electrons. The van der Waals surface area contributed by atoms with Crippen molar-refractivity contribution in [2.45, 2.75) is 32.2 Å². The van der Waals surface area contributed by atoms with Gasteiger partial charge in [0.05, 0.1) is 29.0 Å². The van der Waals surface area contributed by atoms with E-state index in [0.717, 1.165) is 53.2 Å². The van der Waals surface area contributed by atoms with E-state index in [1.165, 1.54) is 12.1 Å². The second kappa shape index (κ2) is 8.14. The monoisotopic (exact) mass is 435 g/mol. The number of nitrogens with zero attached hydrogens (tertiary/aromatic N) is 6. The third kappa shape index (κ3) is 3.81. The molecule has 5 heterocycles. The van der Waals surface area contributed by atoms with Gasteiger partial charge in [0.25, 0.3) is 0 Å². The van der Waals surface area contributed by atoms with Crippen LogP contribution in [0.5, 0.6) is 0 Å². The van der Waals surface area contributed by atoms with Gasteiger partial charge in [-0.05, 0) is 38.4 Å². The highest BCUT2D eigenvalue weighted by Crippen LogP contribution is 2.31. The van der Waals surface area contributed by atoms with Crippen molar-refractivity contribution in [2.24, 2.45) is 0 Å². The SMILES string of the molecule is Cc1nc2sccn2c1CN1CCC[C@@H](c2csc(Nc3ccc(C#N)nc3)n2)C1. The summed E-state index contributed by atoms with van der Waals surface area (Å²) in [5.74, 6) is 0.441. The number of hydrogen-bond acceptors (Lipinski definition) is 8. The maximum atomic E-state index is 8.87. The molecule has 4 aromatic rings. The number of nitrogens with one attached hydrogen (secondary N) is 1. The van der Waals surface area contributed by atoms with Crippen molar-refractivity contribution in [3.63, 3.8) is 0 Å². The first-order valence-corrected chi connectivity index (χ1v) is 11.7. The molecule has 1 fully saturated rings. The van der Waals surface area contributed by atoms with Crippen molar-refractivity contribution in [1.29, 1.82) is 5.26 Å². The molecule has 4 aromatic heterocycles. The normalized spacial score (nSPS) is 17.3. The lowest BCUT2D eigenvalue weighted by molar-refractivity contribution is 0.196. The molecule has 1 N–H and O–H groups in total. The summed E-state index contributed by atoms with van der Waals surface area (Å²) < 4.78 is 2.22. The van der Waals surface area contributed by atoms with Crippen LogP contribution in [-0.4, -0.2) is 37.3 Å². The topological polar surface area (TPSA) is 82.1 Å². The first-order valence-electron chi connectivity index (χ1n) is 9.91. The number of imidazole rings is 1. The number of fused-ring (bicyclic) bond motifs is 1. The first-order chi connectivity index (χ1) is 14.7. The third-order valence-corrected chi connectivity index (χ3v) is 7.04. The quantitative estimate of drug-likeness (QED) is 0.495. The van der Waals surface area contributed by atoms with Gasteiger partial charge in [0.15, 0.2) is 10.1 Å². The molecule has 7 nitrogen and oxygen atoms in total. The highest BCUT2D eigenvalue weighted by Gasteiger charge is 2.25. The molecule has 1 saturated heterocycles. The highest BCUT2D eigenvalue weighted by molar-refractivity contribution is 7.15. The van der Waals surface area contributed by atoms with Crippen LogP contribution in [0.1, 0.15) is 41.5 Å². The van der Waals surface area contributed by atoms with Crippen molar-refractivity contribution in [3.05, 3.63) is 58.1 Å². The van der Waals surface area contributed by atoms with E-state index < -0.39 is 0 Å². The molecule has 5 rings (SSSR count). The summed E-state index contributed by atoms with van der Waals surface area (Å²) in [6.07, 6.45) is 6.13. The van der Waals surface area contributed by atoms with Crippen LogP contribution in [0.4, 0.5) is 10.8 Å². The number of thiazole rings is 2. The van der Waals surface area contributed by atoms with Crippen molar-refractivity contribution in [1.82, 2.24) is 24.3 Å². The Morgan fingerprint density at radius 1 is 1.30 bits per heavy atom. The average molecular weight is 436 g/mol. The van der Waals surface area contributed by atoms with Crippen molar-refractivity contribution >= 4 is 38.5 Å². The predicted octanol–water partition coefficient (Wildman–Crippen LogP) is 4.55. The second-order valence-electron chi connectivity index (χ2n) is 7.52. The Morgan fingerprint density at radius 2 is 2.23 bits per heavy atom.